The molecular formula is C54H31N5O2. The lowest BCUT2D eigenvalue weighted by Gasteiger charge is -2.13. The van der Waals surface area contributed by atoms with Crippen LogP contribution in [0.4, 0.5) is 0 Å². The van der Waals surface area contributed by atoms with Crippen LogP contribution >= 0.6 is 0 Å². The summed E-state index contributed by atoms with van der Waals surface area (Å²) < 4.78 is 15.3. The lowest BCUT2D eigenvalue weighted by Crippen LogP contribution is -2.01. The molecule has 0 aliphatic carbocycles. The Labute approximate surface area is 347 Å². The molecule has 0 spiro atoms. The second-order valence-corrected chi connectivity index (χ2v) is 15.4. The minimum absolute atomic E-state index is 0.570. The maximum absolute atomic E-state index is 6.53. The summed E-state index contributed by atoms with van der Waals surface area (Å²) in [6.07, 6.45) is 0. The summed E-state index contributed by atoms with van der Waals surface area (Å²) in [4.78, 5) is 20.6. The van der Waals surface area contributed by atoms with Gasteiger partial charge in [-0.05, 0) is 94.3 Å². The van der Waals surface area contributed by atoms with Crippen LogP contribution in [0, 0.1) is 0 Å². The Bertz CT molecular complexity index is 3820. The third kappa shape index (κ3) is 5.17. The molecular weight excluding hydrogens is 751 g/mol. The van der Waals surface area contributed by atoms with E-state index in [1.54, 1.807) is 0 Å². The summed E-state index contributed by atoms with van der Waals surface area (Å²) in [5.74, 6) is 2.34. The van der Waals surface area contributed by atoms with Gasteiger partial charge in [-0.3, -0.25) is 0 Å². The average Bonchev–Trinajstić information content (AvgIpc) is 4.04. The minimum atomic E-state index is 0.570. The molecule has 0 fully saturated rings. The summed E-state index contributed by atoms with van der Waals surface area (Å²) >= 11 is 0. The molecule has 0 saturated heterocycles. The predicted molar refractivity (Wildman–Crippen MR) is 246 cm³/mol. The highest BCUT2D eigenvalue weighted by atomic mass is 16.4. The number of fused-ring (bicyclic) bond motifs is 11. The molecule has 0 aliphatic rings. The smallest absolute Gasteiger partial charge is 0.227 e. The van der Waals surface area contributed by atoms with Crippen LogP contribution in [0.15, 0.2) is 197 Å². The van der Waals surface area contributed by atoms with Crippen molar-refractivity contribution in [2.24, 2.45) is 0 Å². The summed E-state index contributed by atoms with van der Waals surface area (Å²) in [7, 11) is 0. The van der Waals surface area contributed by atoms with Crippen LogP contribution in [-0.2, 0) is 0 Å². The Morgan fingerprint density at radius 2 is 0.951 bits per heavy atom. The van der Waals surface area contributed by atoms with Gasteiger partial charge in [-0.25, -0.2) is 19.9 Å². The van der Waals surface area contributed by atoms with Gasteiger partial charge in [0.25, 0.3) is 0 Å². The van der Waals surface area contributed by atoms with E-state index in [2.05, 4.69) is 144 Å². The van der Waals surface area contributed by atoms with Crippen LogP contribution < -0.4 is 0 Å². The predicted octanol–water partition coefficient (Wildman–Crippen LogP) is 14.0. The Balaban J connectivity index is 1.01. The van der Waals surface area contributed by atoms with Crippen molar-refractivity contribution in [1.29, 1.82) is 0 Å². The number of para-hydroxylation sites is 2. The molecule has 7 heteroatoms. The highest BCUT2D eigenvalue weighted by Crippen LogP contribution is 2.42. The van der Waals surface area contributed by atoms with Gasteiger partial charge in [-0.1, -0.05) is 115 Å². The van der Waals surface area contributed by atoms with E-state index in [4.69, 9.17) is 28.8 Å². The first-order valence-corrected chi connectivity index (χ1v) is 20.3. The molecule has 0 amide bonds. The van der Waals surface area contributed by atoms with E-state index in [-0.39, 0.29) is 0 Å². The Hall–Kier alpha value is -8.42. The molecule has 0 saturated carbocycles. The van der Waals surface area contributed by atoms with E-state index in [0.29, 0.717) is 28.9 Å². The van der Waals surface area contributed by atoms with Crippen LogP contribution in [0.5, 0.6) is 0 Å². The lowest BCUT2D eigenvalue weighted by molar-refractivity contribution is 0.622. The Morgan fingerprint density at radius 3 is 1.72 bits per heavy atom. The first-order chi connectivity index (χ1) is 30.2. The first kappa shape index (κ1) is 33.5. The van der Waals surface area contributed by atoms with E-state index >= 15 is 0 Å². The second kappa shape index (κ2) is 13.0. The van der Waals surface area contributed by atoms with Crippen molar-refractivity contribution in [3.8, 4) is 51.3 Å². The van der Waals surface area contributed by atoms with E-state index in [1.807, 2.05) is 48.5 Å². The molecule has 0 unspecified atom stereocenters. The topological polar surface area (TPSA) is 82.8 Å². The van der Waals surface area contributed by atoms with Gasteiger partial charge in [-0.2, -0.15) is 0 Å². The van der Waals surface area contributed by atoms with Crippen molar-refractivity contribution in [2.75, 3.05) is 0 Å². The first-order valence-electron chi connectivity index (χ1n) is 20.3. The monoisotopic (exact) mass is 781 g/mol. The highest BCUT2D eigenvalue weighted by Gasteiger charge is 2.21. The number of hydrogen-bond donors (Lipinski definition) is 0. The third-order valence-electron chi connectivity index (χ3n) is 11.9. The van der Waals surface area contributed by atoms with Crippen molar-refractivity contribution >= 4 is 76.4 Å². The van der Waals surface area contributed by atoms with E-state index in [1.165, 1.54) is 10.8 Å². The molecule has 4 heterocycles. The third-order valence-corrected chi connectivity index (χ3v) is 11.9. The molecule has 9 aromatic carbocycles. The fourth-order valence-corrected chi connectivity index (χ4v) is 9.12. The molecule has 0 N–H and O–H groups in total. The number of aromatic nitrogens is 5. The van der Waals surface area contributed by atoms with Crippen molar-refractivity contribution < 1.29 is 8.83 Å². The zero-order valence-electron chi connectivity index (χ0n) is 32.5. The number of rotatable bonds is 5. The van der Waals surface area contributed by atoms with Gasteiger partial charge in [-0.15, -0.1) is 0 Å². The zero-order valence-corrected chi connectivity index (χ0v) is 32.5. The summed E-state index contributed by atoms with van der Waals surface area (Å²) in [6.45, 7) is 0. The molecule has 61 heavy (non-hydrogen) atoms. The molecule has 13 aromatic rings. The molecule has 13 rings (SSSR count). The van der Waals surface area contributed by atoms with Gasteiger partial charge in [0.2, 0.25) is 5.89 Å². The van der Waals surface area contributed by atoms with E-state index < -0.39 is 0 Å². The number of oxazole rings is 1. The number of nitrogens with zero attached hydrogens (tertiary/aromatic N) is 5. The number of furan rings is 1. The normalized spacial score (nSPS) is 11.9. The lowest BCUT2D eigenvalue weighted by atomic mass is 9.99. The Kier molecular flexibility index (Phi) is 7.17. The van der Waals surface area contributed by atoms with Gasteiger partial charge in [0.05, 0.1) is 16.4 Å². The zero-order chi connectivity index (χ0) is 40.0. The standard InChI is InChI=1S/C54H31N5O2/c1-2-13-34(14-3-1)54-55-43-29-31-47-49(50(43)61-54)48-40-19-11-21-42(37(40)28-30-46(48)60-47)53-57-51(56-52(58-53)41-20-10-15-32-12-4-5-16-36(32)41)33-24-26-35(27-25-33)59-44-22-8-6-17-38(44)39-18-7-9-23-45(39)59/h1-31H. The van der Waals surface area contributed by atoms with Gasteiger partial charge >= 0.3 is 0 Å². The number of benzene rings is 9. The fourth-order valence-electron chi connectivity index (χ4n) is 9.12. The highest BCUT2D eigenvalue weighted by molar-refractivity contribution is 6.26. The number of hydrogen-bond acceptors (Lipinski definition) is 6. The van der Waals surface area contributed by atoms with Gasteiger partial charge in [0.15, 0.2) is 23.1 Å². The van der Waals surface area contributed by atoms with Crippen LogP contribution in [0.2, 0.25) is 0 Å². The minimum Gasteiger partial charge on any atom is -0.456 e. The van der Waals surface area contributed by atoms with E-state index in [0.717, 1.165) is 88.0 Å². The van der Waals surface area contributed by atoms with Crippen molar-refractivity contribution in [3.05, 3.63) is 188 Å². The maximum atomic E-state index is 6.53. The molecule has 0 radical (unpaired) electrons. The molecule has 0 bridgehead atoms. The molecule has 0 atom stereocenters. The quantitative estimate of drug-likeness (QED) is 0.173. The van der Waals surface area contributed by atoms with Crippen LogP contribution in [0.3, 0.4) is 0 Å². The Morgan fingerprint density at radius 1 is 0.361 bits per heavy atom. The molecule has 4 aromatic heterocycles. The fraction of sp³-hybridized carbons (Fsp3) is 0. The SMILES string of the molecule is c1ccc(-c2nc3ccc4oc5ccc6c(-c7nc(-c8ccc(-n9c%10ccccc%10c%10ccccc%109)cc8)nc(-c8cccc9ccccc89)n7)cccc6c5c4c3o2)cc1. The second-order valence-electron chi connectivity index (χ2n) is 15.4. The van der Waals surface area contributed by atoms with Crippen molar-refractivity contribution in [3.63, 3.8) is 0 Å². The average molecular weight is 782 g/mol. The maximum Gasteiger partial charge on any atom is 0.227 e. The van der Waals surface area contributed by atoms with Crippen molar-refractivity contribution in [1.82, 2.24) is 24.5 Å². The molecule has 7 nitrogen and oxygen atoms in total. The molecule has 0 aliphatic heterocycles. The van der Waals surface area contributed by atoms with Gasteiger partial charge in [0, 0.05) is 44.1 Å². The van der Waals surface area contributed by atoms with Gasteiger partial charge in [0.1, 0.15) is 16.7 Å². The molecule has 284 valence electrons. The van der Waals surface area contributed by atoms with Crippen LogP contribution in [-0.4, -0.2) is 24.5 Å². The van der Waals surface area contributed by atoms with Crippen LogP contribution in [0.25, 0.3) is 128 Å². The van der Waals surface area contributed by atoms with Crippen molar-refractivity contribution in [2.45, 2.75) is 0 Å². The van der Waals surface area contributed by atoms with Crippen LogP contribution in [0.1, 0.15) is 0 Å². The summed E-state index contributed by atoms with van der Waals surface area (Å²) in [5.41, 5.74) is 9.98. The largest absolute Gasteiger partial charge is 0.456 e. The summed E-state index contributed by atoms with van der Waals surface area (Å²) in [5, 5.41) is 8.48. The van der Waals surface area contributed by atoms with E-state index in [9.17, 15) is 0 Å². The van der Waals surface area contributed by atoms with Gasteiger partial charge < -0.3 is 13.4 Å². The summed E-state index contributed by atoms with van der Waals surface area (Å²) in [6, 6.07) is 64.6.